The van der Waals surface area contributed by atoms with Crippen LogP contribution in [0.1, 0.15) is 32.3 Å². The van der Waals surface area contributed by atoms with Crippen LogP contribution in [0.25, 0.3) is 0 Å². The third-order valence-corrected chi connectivity index (χ3v) is 3.60. The molecule has 0 radical (unpaired) electrons. The number of amides is 1. The van der Waals surface area contributed by atoms with Crippen LogP contribution in [0.15, 0.2) is 29.4 Å². The molecule has 1 aromatic rings. The minimum absolute atomic E-state index is 0.00259. The van der Waals surface area contributed by atoms with Gasteiger partial charge in [-0.3, -0.25) is 4.79 Å². The maximum atomic E-state index is 12.0. The van der Waals surface area contributed by atoms with Crippen molar-refractivity contribution in [3.63, 3.8) is 0 Å². The zero-order chi connectivity index (χ0) is 15.9. The molecule has 0 heterocycles. The number of nitrogens with two attached hydrogens (primary N) is 1. The first-order valence-electron chi connectivity index (χ1n) is 6.87. The molecule has 1 amide bonds. The first kappa shape index (κ1) is 16.8. The lowest BCUT2D eigenvalue weighted by molar-refractivity contribution is -0.122. The summed E-state index contributed by atoms with van der Waals surface area (Å²) in [6.45, 7) is 3.59. The fourth-order valence-electron chi connectivity index (χ4n) is 1.86. The van der Waals surface area contributed by atoms with E-state index in [0.29, 0.717) is 19.3 Å². The number of carbonyl (C=O) groups is 1. The highest BCUT2D eigenvalue weighted by Crippen LogP contribution is 2.14. The molecule has 1 aromatic carbocycles. The minimum atomic E-state index is -0.828. The van der Waals surface area contributed by atoms with Crippen molar-refractivity contribution >= 4 is 11.7 Å². The standard InChI is InChI=1S/C15H23N3O3/c1-4-15(2,14(16)18-20)17-13(19)10-7-11-5-8-12(21-3)9-6-11/h5-6,8-9,20H,4,7,10H2,1-3H3,(H2,16,18)(H,17,19). The van der Waals surface area contributed by atoms with Crippen LogP contribution in [-0.4, -0.2) is 29.6 Å². The SMILES string of the molecule is CCC(C)(NC(=O)CCc1ccc(OC)cc1)/C(N)=N/O. The van der Waals surface area contributed by atoms with E-state index in [1.54, 1.807) is 14.0 Å². The Bertz CT molecular complexity index is 499. The van der Waals surface area contributed by atoms with Gasteiger partial charge in [0.1, 0.15) is 5.75 Å². The molecular weight excluding hydrogens is 270 g/mol. The lowest BCUT2D eigenvalue weighted by Crippen LogP contribution is -2.55. The summed E-state index contributed by atoms with van der Waals surface area (Å²) in [7, 11) is 1.61. The monoisotopic (exact) mass is 293 g/mol. The Balaban J connectivity index is 2.57. The number of rotatable bonds is 7. The summed E-state index contributed by atoms with van der Waals surface area (Å²) in [6, 6.07) is 7.57. The number of hydrogen-bond donors (Lipinski definition) is 3. The van der Waals surface area contributed by atoms with Crippen molar-refractivity contribution in [3.05, 3.63) is 29.8 Å². The molecule has 4 N–H and O–H groups in total. The molecule has 0 aliphatic heterocycles. The number of amidine groups is 1. The molecule has 0 saturated carbocycles. The van der Waals surface area contributed by atoms with Gasteiger partial charge in [-0.2, -0.15) is 0 Å². The number of ether oxygens (including phenoxy) is 1. The molecule has 21 heavy (non-hydrogen) atoms. The van der Waals surface area contributed by atoms with Gasteiger partial charge in [-0.25, -0.2) is 0 Å². The summed E-state index contributed by atoms with van der Waals surface area (Å²) in [6.07, 6.45) is 1.49. The zero-order valence-electron chi connectivity index (χ0n) is 12.7. The predicted octanol–water partition coefficient (Wildman–Crippen LogP) is 1.66. The van der Waals surface area contributed by atoms with E-state index in [4.69, 9.17) is 15.7 Å². The summed E-state index contributed by atoms with van der Waals surface area (Å²) in [5, 5.41) is 14.6. The fraction of sp³-hybridized carbons (Fsp3) is 0.467. The number of nitrogens with zero attached hydrogens (tertiary/aromatic N) is 1. The number of aryl methyl sites for hydroxylation is 1. The normalized spacial score (nSPS) is 14.3. The molecule has 1 rings (SSSR count). The number of benzene rings is 1. The predicted molar refractivity (Wildman–Crippen MR) is 81.6 cm³/mol. The van der Waals surface area contributed by atoms with E-state index in [1.165, 1.54) is 0 Å². The average Bonchev–Trinajstić information content (AvgIpc) is 2.52. The Morgan fingerprint density at radius 3 is 2.52 bits per heavy atom. The van der Waals surface area contributed by atoms with Gasteiger partial charge in [-0.1, -0.05) is 24.2 Å². The molecule has 0 saturated heterocycles. The number of nitrogens with one attached hydrogen (secondary N) is 1. The maximum absolute atomic E-state index is 12.0. The highest BCUT2D eigenvalue weighted by Gasteiger charge is 2.29. The molecule has 0 fully saturated rings. The van der Waals surface area contributed by atoms with E-state index in [9.17, 15) is 4.79 Å². The lowest BCUT2D eigenvalue weighted by atomic mass is 9.97. The van der Waals surface area contributed by atoms with Crippen molar-refractivity contribution < 1.29 is 14.7 Å². The fourth-order valence-corrected chi connectivity index (χ4v) is 1.86. The molecular formula is C15H23N3O3. The van der Waals surface area contributed by atoms with E-state index in [1.807, 2.05) is 31.2 Å². The van der Waals surface area contributed by atoms with Gasteiger partial charge in [0.15, 0.2) is 5.84 Å². The van der Waals surface area contributed by atoms with Crippen molar-refractivity contribution in [2.45, 2.75) is 38.6 Å². The first-order valence-corrected chi connectivity index (χ1v) is 6.87. The Morgan fingerprint density at radius 1 is 1.43 bits per heavy atom. The second-order valence-corrected chi connectivity index (χ2v) is 5.07. The molecule has 0 aliphatic rings. The number of carbonyl (C=O) groups excluding carboxylic acids is 1. The van der Waals surface area contributed by atoms with Crippen molar-refractivity contribution in [1.29, 1.82) is 0 Å². The topological polar surface area (TPSA) is 96.9 Å². The molecule has 0 aliphatic carbocycles. The van der Waals surface area contributed by atoms with E-state index < -0.39 is 5.54 Å². The maximum Gasteiger partial charge on any atom is 0.221 e. The number of oxime groups is 1. The van der Waals surface area contributed by atoms with Crippen LogP contribution < -0.4 is 15.8 Å². The van der Waals surface area contributed by atoms with Crippen LogP contribution >= 0.6 is 0 Å². The van der Waals surface area contributed by atoms with E-state index >= 15 is 0 Å². The number of hydrogen-bond acceptors (Lipinski definition) is 4. The Hall–Kier alpha value is -2.24. The van der Waals surface area contributed by atoms with Crippen LogP contribution in [0.4, 0.5) is 0 Å². The molecule has 6 heteroatoms. The van der Waals surface area contributed by atoms with Crippen molar-refractivity contribution in [1.82, 2.24) is 5.32 Å². The third-order valence-electron chi connectivity index (χ3n) is 3.60. The van der Waals surface area contributed by atoms with Gasteiger partial charge < -0.3 is 21.0 Å². The molecule has 116 valence electrons. The van der Waals surface area contributed by atoms with Crippen LogP contribution in [0, 0.1) is 0 Å². The lowest BCUT2D eigenvalue weighted by Gasteiger charge is -2.28. The first-order chi connectivity index (χ1) is 9.95. The molecule has 6 nitrogen and oxygen atoms in total. The van der Waals surface area contributed by atoms with Gasteiger partial charge in [0.05, 0.1) is 12.6 Å². The van der Waals surface area contributed by atoms with Gasteiger partial charge in [-0.15, -0.1) is 0 Å². The quantitative estimate of drug-likeness (QED) is 0.308. The molecule has 0 spiro atoms. The largest absolute Gasteiger partial charge is 0.497 e. The van der Waals surface area contributed by atoms with Crippen LogP contribution in [-0.2, 0) is 11.2 Å². The van der Waals surface area contributed by atoms with E-state index in [-0.39, 0.29) is 11.7 Å². The number of methoxy groups -OCH3 is 1. The van der Waals surface area contributed by atoms with Gasteiger partial charge >= 0.3 is 0 Å². The van der Waals surface area contributed by atoms with Crippen LogP contribution in [0.2, 0.25) is 0 Å². The molecule has 0 aromatic heterocycles. The second-order valence-electron chi connectivity index (χ2n) is 5.07. The molecule has 0 bridgehead atoms. The van der Waals surface area contributed by atoms with E-state index in [2.05, 4.69) is 10.5 Å². The van der Waals surface area contributed by atoms with E-state index in [0.717, 1.165) is 11.3 Å². The Kier molecular flexibility index (Phi) is 6.02. The smallest absolute Gasteiger partial charge is 0.221 e. The third kappa shape index (κ3) is 4.66. The average molecular weight is 293 g/mol. The van der Waals surface area contributed by atoms with Gasteiger partial charge in [0.2, 0.25) is 5.91 Å². The second kappa shape index (κ2) is 7.52. The highest BCUT2D eigenvalue weighted by molar-refractivity contribution is 5.93. The highest BCUT2D eigenvalue weighted by atomic mass is 16.5. The summed E-state index contributed by atoms with van der Waals surface area (Å²) in [5.74, 6) is 0.651. The van der Waals surface area contributed by atoms with Gasteiger partial charge in [0.25, 0.3) is 0 Å². The van der Waals surface area contributed by atoms with Crippen molar-refractivity contribution in [2.75, 3.05) is 7.11 Å². The summed E-state index contributed by atoms with van der Waals surface area (Å²) in [5.41, 5.74) is 5.84. The molecule has 1 atom stereocenters. The minimum Gasteiger partial charge on any atom is -0.497 e. The van der Waals surface area contributed by atoms with Gasteiger partial charge in [-0.05, 0) is 37.5 Å². The zero-order valence-corrected chi connectivity index (χ0v) is 12.7. The summed E-state index contributed by atoms with van der Waals surface area (Å²) < 4.78 is 5.08. The van der Waals surface area contributed by atoms with Crippen molar-refractivity contribution in [3.8, 4) is 5.75 Å². The summed E-state index contributed by atoms with van der Waals surface area (Å²) >= 11 is 0. The Morgan fingerprint density at radius 2 is 2.05 bits per heavy atom. The van der Waals surface area contributed by atoms with Gasteiger partial charge in [0, 0.05) is 6.42 Å². The molecule has 1 unspecified atom stereocenters. The van der Waals surface area contributed by atoms with Crippen LogP contribution in [0.5, 0.6) is 5.75 Å². The van der Waals surface area contributed by atoms with Crippen LogP contribution in [0.3, 0.4) is 0 Å². The van der Waals surface area contributed by atoms with Crippen molar-refractivity contribution in [2.24, 2.45) is 10.9 Å². The summed E-state index contributed by atoms with van der Waals surface area (Å²) in [4.78, 5) is 12.0. The Labute approximate surface area is 125 Å².